The Morgan fingerprint density at radius 3 is 2.25 bits per heavy atom. The second-order valence-electron chi connectivity index (χ2n) is 17.0. The highest BCUT2D eigenvalue weighted by molar-refractivity contribution is 6.23. The summed E-state index contributed by atoms with van der Waals surface area (Å²) in [5.41, 5.74) is 6.00. The van der Waals surface area contributed by atoms with Gasteiger partial charge in [-0.05, 0) is 135 Å². The van der Waals surface area contributed by atoms with Crippen LogP contribution >= 0.6 is 0 Å². The molecule has 0 radical (unpaired) electrons. The maximum Gasteiger partial charge on any atom is 0.262 e. The SMILES string of the molecule is O=C(/C=C/c1cccnc1)NCCCCC1CCN(C(=O)c2ccc(C3CCN(Cc4ccc(C#Cc5ccc6c(c5)C(=O)N(C5CCC(=O)NC5=O)C6=O)cc4)CC3)cc2)CC1. The number of aromatic nitrogens is 1. The standard InChI is InChI=1S/C51H52N6O6/c58-46(20-13-38-5-3-26-52-33-38)53-27-2-1-4-35-22-30-56(31-23-35)49(61)42-16-14-40(15-17-42)41-24-28-55(29-25-41)34-39-10-7-36(8-11-39)6-9-37-12-18-43-44(32-37)51(63)57(50(43)62)45-19-21-47(59)54-48(45)60/h3,5,7-8,10-18,20,26,32-33,35,41,45H,1-2,4,19,21-25,27-31,34H2,(H,53,58)(H,54,59,60)/b20-13+. The summed E-state index contributed by atoms with van der Waals surface area (Å²) >= 11 is 0. The molecule has 12 nitrogen and oxygen atoms in total. The molecule has 0 aliphatic carbocycles. The number of nitrogens with zero attached hydrogens (tertiary/aromatic N) is 4. The Kier molecular flexibility index (Phi) is 13.6. The number of rotatable bonds is 12. The number of likely N-dealkylation sites (tertiary alicyclic amines) is 2. The van der Waals surface area contributed by atoms with Crippen LogP contribution in [0.2, 0.25) is 0 Å². The van der Waals surface area contributed by atoms with Crippen molar-refractivity contribution in [3.05, 3.63) is 142 Å². The largest absolute Gasteiger partial charge is 0.353 e. The van der Waals surface area contributed by atoms with E-state index in [2.05, 4.69) is 56.6 Å². The number of piperidine rings is 3. The molecule has 0 bridgehead atoms. The van der Waals surface area contributed by atoms with E-state index in [4.69, 9.17) is 0 Å². The normalized spacial score (nSPS) is 18.6. The number of fused-ring (bicyclic) bond motifs is 1. The van der Waals surface area contributed by atoms with Crippen molar-refractivity contribution in [2.75, 3.05) is 32.7 Å². The minimum absolute atomic E-state index is 0.0715. The Morgan fingerprint density at radius 2 is 1.52 bits per heavy atom. The molecule has 4 aromatic rings. The van der Waals surface area contributed by atoms with Crippen molar-refractivity contribution in [1.82, 2.24) is 30.3 Å². The third-order valence-corrected chi connectivity index (χ3v) is 12.7. The van der Waals surface area contributed by atoms with E-state index in [9.17, 15) is 28.8 Å². The van der Waals surface area contributed by atoms with Crippen LogP contribution in [0.25, 0.3) is 6.08 Å². The van der Waals surface area contributed by atoms with Gasteiger partial charge < -0.3 is 10.2 Å². The van der Waals surface area contributed by atoms with Gasteiger partial charge >= 0.3 is 0 Å². The molecule has 1 unspecified atom stereocenters. The minimum Gasteiger partial charge on any atom is -0.353 e. The Balaban J connectivity index is 0.733. The number of hydrogen-bond acceptors (Lipinski definition) is 8. The lowest BCUT2D eigenvalue weighted by Crippen LogP contribution is -2.54. The molecule has 4 aliphatic heterocycles. The molecule has 6 amide bonds. The zero-order valence-electron chi connectivity index (χ0n) is 35.4. The number of imide groups is 2. The van der Waals surface area contributed by atoms with E-state index in [1.807, 2.05) is 41.3 Å². The molecule has 8 rings (SSSR count). The highest BCUT2D eigenvalue weighted by Gasteiger charge is 2.44. The van der Waals surface area contributed by atoms with Crippen LogP contribution in [0.5, 0.6) is 0 Å². The fourth-order valence-electron chi connectivity index (χ4n) is 9.05. The quantitative estimate of drug-likeness (QED) is 0.0751. The predicted molar refractivity (Wildman–Crippen MR) is 238 cm³/mol. The number of benzene rings is 3. The first-order valence-electron chi connectivity index (χ1n) is 22.1. The number of carbonyl (C=O) groups is 6. The molecule has 63 heavy (non-hydrogen) atoms. The van der Waals surface area contributed by atoms with Gasteiger partial charge in [-0.3, -0.25) is 48.9 Å². The van der Waals surface area contributed by atoms with E-state index in [-0.39, 0.29) is 35.8 Å². The van der Waals surface area contributed by atoms with Gasteiger partial charge in [0.15, 0.2) is 0 Å². The van der Waals surface area contributed by atoms with Crippen LogP contribution in [0.3, 0.4) is 0 Å². The lowest BCUT2D eigenvalue weighted by Gasteiger charge is -2.33. The number of hydrogen-bond donors (Lipinski definition) is 2. The second-order valence-corrected chi connectivity index (χ2v) is 17.0. The fourth-order valence-corrected chi connectivity index (χ4v) is 9.05. The highest BCUT2D eigenvalue weighted by atomic mass is 16.2. The summed E-state index contributed by atoms with van der Waals surface area (Å²) in [5, 5.41) is 5.18. The summed E-state index contributed by atoms with van der Waals surface area (Å²) in [7, 11) is 0. The Hall–Kier alpha value is -6.71. The van der Waals surface area contributed by atoms with Crippen LogP contribution in [-0.2, 0) is 20.9 Å². The van der Waals surface area contributed by atoms with Crippen LogP contribution in [0, 0.1) is 17.8 Å². The molecular weight excluding hydrogens is 793 g/mol. The van der Waals surface area contributed by atoms with Crippen molar-refractivity contribution in [3.8, 4) is 11.8 Å². The van der Waals surface area contributed by atoms with Crippen molar-refractivity contribution in [2.24, 2.45) is 5.92 Å². The summed E-state index contributed by atoms with van der Waals surface area (Å²) in [6, 6.07) is 24.1. The molecule has 5 heterocycles. The summed E-state index contributed by atoms with van der Waals surface area (Å²) in [5.74, 6) is 5.23. The van der Waals surface area contributed by atoms with Gasteiger partial charge in [0.2, 0.25) is 17.7 Å². The lowest BCUT2D eigenvalue weighted by atomic mass is 9.88. The van der Waals surface area contributed by atoms with E-state index in [0.29, 0.717) is 23.9 Å². The van der Waals surface area contributed by atoms with Gasteiger partial charge in [-0.25, -0.2) is 0 Å². The smallest absolute Gasteiger partial charge is 0.262 e. The summed E-state index contributed by atoms with van der Waals surface area (Å²) in [4.78, 5) is 85.1. The Bertz CT molecular complexity index is 2440. The first-order chi connectivity index (χ1) is 30.7. The Morgan fingerprint density at radius 1 is 0.794 bits per heavy atom. The van der Waals surface area contributed by atoms with Crippen LogP contribution in [0.1, 0.15) is 123 Å². The van der Waals surface area contributed by atoms with E-state index in [1.165, 1.54) is 11.1 Å². The van der Waals surface area contributed by atoms with Crippen LogP contribution in [0.4, 0.5) is 0 Å². The van der Waals surface area contributed by atoms with E-state index in [1.54, 1.807) is 42.7 Å². The third-order valence-electron chi connectivity index (χ3n) is 12.7. The van der Waals surface area contributed by atoms with Crippen molar-refractivity contribution in [2.45, 2.75) is 76.3 Å². The number of nitrogens with one attached hydrogen (secondary N) is 2. The van der Waals surface area contributed by atoms with Gasteiger partial charge in [0.05, 0.1) is 11.1 Å². The zero-order chi connectivity index (χ0) is 43.7. The average Bonchev–Trinajstić information content (AvgIpc) is 3.56. The summed E-state index contributed by atoms with van der Waals surface area (Å²) < 4.78 is 0. The lowest BCUT2D eigenvalue weighted by molar-refractivity contribution is -0.136. The molecule has 12 heteroatoms. The second kappa shape index (κ2) is 20.0. The molecule has 3 aromatic carbocycles. The van der Waals surface area contributed by atoms with Gasteiger partial charge in [-0.1, -0.05) is 55.0 Å². The molecule has 1 atom stereocenters. The number of unbranched alkanes of at least 4 members (excludes halogenated alkanes) is 1. The minimum atomic E-state index is -1.00. The van der Waals surface area contributed by atoms with Crippen LogP contribution < -0.4 is 10.6 Å². The number of amides is 6. The van der Waals surface area contributed by atoms with Gasteiger partial charge in [0.1, 0.15) is 6.04 Å². The van der Waals surface area contributed by atoms with Crippen molar-refractivity contribution in [3.63, 3.8) is 0 Å². The predicted octanol–water partition coefficient (Wildman–Crippen LogP) is 6.11. The molecule has 2 N–H and O–H groups in total. The van der Waals surface area contributed by atoms with Gasteiger partial charge in [0, 0.05) is 67.8 Å². The zero-order valence-corrected chi connectivity index (χ0v) is 35.4. The Labute approximate surface area is 368 Å². The van der Waals surface area contributed by atoms with Gasteiger partial charge in [-0.15, -0.1) is 0 Å². The number of carbonyl (C=O) groups excluding carboxylic acids is 6. The fraction of sp³-hybridized carbons (Fsp3) is 0.353. The van der Waals surface area contributed by atoms with E-state index < -0.39 is 29.7 Å². The molecule has 1 aromatic heterocycles. The van der Waals surface area contributed by atoms with Crippen molar-refractivity contribution in [1.29, 1.82) is 0 Å². The summed E-state index contributed by atoms with van der Waals surface area (Å²) in [6.45, 7) is 5.05. The average molecular weight is 845 g/mol. The monoisotopic (exact) mass is 844 g/mol. The topological polar surface area (TPSA) is 149 Å². The first kappa shape index (κ1) is 43.0. The summed E-state index contributed by atoms with van der Waals surface area (Å²) in [6.07, 6.45) is 14.2. The molecule has 3 fully saturated rings. The molecule has 0 saturated carbocycles. The molecule has 3 saturated heterocycles. The van der Waals surface area contributed by atoms with Crippen LogP contribution in [-0.4, -0.2) is 93.9 Å². The first-order valence-corrected chi connectivity index (χ1v) is 22.1. The van der Waals surface area contributed by atoms with Gasteiger partial charge in [0.25, 0.3) is 17.7 Å². The molecule has 4 aliphatic rings. The molecule has 0 spiro atoms. The van der Waals surface area contributed by atoms with E-state index in [0.717, 1.165) is 99.3 Å². The molecule has 322 valence electrons. The highest BCUT2D eigenvalue weighted by Crippen LogP contribution is 2.31. The van der Waals surface area contributed by atoms with Gasteiger partial charge in [-0.2, -0.15) is 0 Å². The number of pyridine rings is 1. The maximum absolute atomic E-state index is 13.4. The van der Waals surface area contributed by atoms with E-state index >= 15 is 0 Å². The van der Waals surface area contributed by atoms with Crippen molar-refractivity contribution < 1.29 is 28.8 Å². The maximum atomic E-state index is 13.4. The van der Waals surface area contributed by atoms with Crippen LogP contribution in [0.15, 0.2) is 97.3 Å². The third kappa shape index (κ3) is 10.7. The molecular formula is C51H52N6O6. The van der Waals surface area contributed by atoms with Crippen molar-refractivity contribution >= 4 is 41.5 Å².